The first-order chi connectivity index (χ1) is 12.4. The summed E-state index contributed by atoms with van der Waals surface area (Å²) in [4.78, 5) is 2.70. The van der Waals surface area contributed by atoms with Gasteiger partial charge >= 0.3 is 0 Å². The third-order valence-corrected chi connectivity index (χ3v) is 5.15. The molecule has 0 heterocycles. The second-order valence-corrected chi connectivity index (χ2v) is 7.65. The van der Waals surface area contributed by atoms with Crippen molar-refractivity contribution in [1.29, 1.82) is 0 Å². The zero-order chi connectivity index (χ0) is 18.0. The molecule has 0 saturated carbocycles. The number of hydrogen-bond donors (Lipinski definition) is 0. The molecule has 1 nitrogen and oxygen atoms in total. The fourth-order valence-electron chi connectivity index (χ4n) is 3.52. The monoisotopic (exact) mass is 345 g/mol. The fraction of sp³-hybridized carbons (Fsp3) is 0.750. The van der Waals surface area contributed by atoms with E-state index in [4.69, 9.17) is 0 Å². The average Bonchev–Trinajstić information content (AvgIpc) is 2.64. The highest BCUT2D eigenvalue weighted by atomic mass is 15.1. The molecule has 0 fully saturated rings. The van der Waals surface area contributed by atoms with Gasteiger partial charge < -0.3 is 0 Å². The van der Waals surface area contributed by atoms with E-state index in [1.165, 1.54) is 102 Å². The smallest absolute Gasteiger partial charge is 0.0233 e. The molecule has 1 rings (SSSR count). The van der Waals surface area contributed by atoms with E-state index in [0.717, 1.165) is 6.54 Å². The Balaban J connectivity index is 2.22. The van der Waals surface area contributed by atoms with Crippen molar-refractivity contribution in [2.24, 2.45) is 0 Å². The molecule has 0 aliphatic carbocycles. The summed E-state index contributed by atoms with van der Waals surface area (Å²) in [5, 5.41) is 0. The Morgan fingerprint density at radius 3 is 1.48 bits per heavy atom. The van der Waals surface area contributed by atoms with E-state index in [-0.39, 0.29) is 0 Å². The van der Waals surface area contributed by atoms with Crippen molar-refractivity contribution in [2.45, 2.75) is 104 Å². The Kier molecular flexibility index (Phi) is 14.8. The van der Waals surface area contributed by atoms with Crippen molar-refractivity contribution in [3.05, 3.63) is 35.9 Å². The van der Waals surface area contributed by atoms with E-state index in [1.807, 2.05) is 0 Å². The van der Waals surface area contributed by atoms with Crippen molar-refractivity contribution >= 4 is 0 Å². The number of hydrogen-bond acceptors (Lipinski definition) is 1. The molecule has 1 heteroatoms. The lowest BCUT2D eigenvalue weighted by molar-refractivity contribution is 0.252. The molecule has 0 atom stereocenters. The molecule has 0 N–H and O–H groups in total. The van der Waals surface area contributed by atoms with E-state index >= 15 is 0 Å². The highest BCUT2D eigenvalue weighted by molar-refractivity contribution is 5.14. The van der Waals surface area contributed by atoms with Gasteiger partial charge in [-0.25, -0.2) is 0 Å². The molecule has 0 amide bonds. The standard InChI is InChI=1S/C24H43N/c1-3-5-7-9-11-13-18-22-25(21-17-12-10-8-6-4-2)23-24-19-15-14-16-20-24/h14-16,19-20H,3-13,17-18,21-23H2,1-2H3. The summed E-state index contributed by atoms with van der Waals surface area (Å²) in [6.45, 7) is 8.27. The quantitative estimate of drug-likeness (QED) is 0.263. The molecule has 1 aromatic rings. The number of nitrogens with zero attached hydrogens (tertiary/aromatic N) is 1. The topological polar surface area (TPSA) is 3.24 Å². The van der Waals surface area contributed by atoms with Crippen molar-refractivity contribution in [1.82, 2.24) is 4.90 Å². The van der Waals surface area contributed by atoms with E-state index in [2.05, 4.69) is 49.1 Å². The van der Waals surface area contributed by atoms with Gasteiger partial charge in [0.25, 0.3) is 0 Å². The zero-order valence-electron chi connectivity index (χ0n) is 17.1. The lowest BCUT2D eigenvalue weighted by Gasteiger charge is -2.22. The summed E-state index contributed by atoms with van der Waals surface area (Å²) < 4.78 is 0. The molecule has 0 spiro atoms. The predicted octanol–water partition coefficient (Wildman–Crippen LogP) is 7.60. The zero-order valence-corrected chi connectivity index (χ0v) is 17.1. The first-order valence-corrected chi connectivity index (χ1v) is 11.1. The summed E-state index contributed by atoms with van der Waals surface area (Å²) in [6.07, 6.45) is 18.2. The maximum atomic E-state index is 2.70. The minimum absolute atomic E-state index is 1.13. The maximum Gasteiger partial charge on any atom is 0.0233 e. The van der Waals surface area contributed by atoms with Gasteiger partial charge in [-0.15, -0.1) is 0 Å². The van der Waals surface area contributed by atoms with E-state index in [0.29, 0.717) is 0 Å². The Hall–Kier alpha value is -0.820. The molecule has 0 saturated heterocycles. The Bertz CT molecular complexity index is 373. The Labute approximate surface area is 158 Å². The molecule has 0 aliphatic rings. The molecule has 0 aliphatic heterocycles. The summed E-state index contributed by atoms with van der Waals surface area (Å²) in [5.41, 5.74) is 1.47. The number of benzene rings is 1. The van der Waals surface area contributed by atoms with E-state index in [9.17, 15) is 0 Å². The van der Waals surface area contributed by atoms with Crippen LogP contribution in [0.25, 0.3) is 0 Å². The molecule has 25 heavy (non-hydrogen) atoms. The van der Waals surface area contributed by atoms with Crippen molar-refractivity contribution in [2.75, 3.05) is 13.1 Å². The minimum Gasteiger partial charge on any atom is -0.299 e. The van der Waals surface area contributed by atoms with Crippen LogP contribution in [0.4, 0.5) is 0 Å². The molecular weight excluding hydrogens is 302 g/mol. The van der Waals surface area contributed by atoms with Gasteiger partial charge in [-0.1, -0.05) is 115 Å². The number of unbranched alkanes of at least 4 members (excludes halogenated alkanes) is 11. The van der Waals surface area contributed by atoms with Crippen LogP contribution in [0.3, 0.4) is 0 Å². The first kappa shape index (κ1) is 22.2. The van der Waals surface area contributed by atoms with Gasteiger partial charge in [-0.3, -0.25) is 4.90 Å². The normalized spacial score (nSPS) is 11.3. The van der Waals surface area contributed by atoms with Crippen LogP contribution < -0.4 is 0 Å². The molecule has 144 valence electrons. The average molecular weight is 346 g/mol. The minimum atomic E-state index is 1.13. The summed E-state index contributed by atoms with van der Waals surface area (Å²) in [7, 11) is 0. The highest BCUT2D eigenvalue weighted by Gasteiger charge is 2.06. The van der Waals surface area contributed by atoms with Gasteiger partial charge in [0.15, 0.2) is 0 Å². The van der Waals surface area contributed by atoms with Crippen LogP contribution in [0, 0.1) is 0 Å². The first-order valence-electron chi connectivity index (χ1n) is 11.1. The highest BCUT2D eigenvalue weighted by Crippen LogP contribution is 2.12. The van der Waals surface area contributed by atoms with E-state index in [1.54, 1.807) is 0 Å². The van der Waals surface area contributed by atoms with Gasteiger partial charge in [0.2, 0.25) is 0 Å². The molecule has 0 radical (unpaired) electrons. The van der Waals surface area contributed by atoms with Crippen LogP contribution in [0.15, 0.2) is 30.3 Å². The van der Waals surface area contributed by atoms with Crippen LogP contribution in [0.5, 0.6) is 0 Å². The van der Waals surface area contributed by atoms with Crippen LogP contribution in [0.2, 0.25) is 0 Å². The van der Waals surface area contributed by atoms with Crippen molar-refractivity contribution < 1.29 is 0 Å². The summed E-state index contributed by atoms with van der Waals surface area (Å²) in [5.74, 6) is 0. The predicted molar refractivity (Wildman–Crippen MR) is 113 cm³/mol. The Morgan fingerprint density at radius 1 is 0.560 bits per heavy atom. The molecule has 0 unspecified atom stereocenters. The Morgan fingerprint density at radius 2 is 1.00 bits per heavy atom. The van der Waals surface area contributed by atoms with Crippen molar-refractivity contribution in [3.63, 3.8) is 0 Å². The summed E-state index contributed by atoms with van der Waals surface area (Å²) in [6, 6.07) is 11.0. The molecular formula is C24H43N. The fourth-order valence-corrected chi connectivity index (χ4v) is 3.52. The van der Waals surface area contributed by atoms with Crippen LogP contribution in [-0.4, -0.2) is 18.0 Å². The van der Waals surface area contributed by atoms with Crippen LogP contribution >= 0.6 is 0 Å². The lowest BCUT2D eigenvalue weighted by Crippen LogP contribution is -2.25. The molecule has 0 bridgehead atoms. The molecule has 0 aromatic heterocycles. The summed E-state index contributed by atoms with van der Waals surface area (Å²) >= 11 is 0. The molecule has 1 aromatic carbocycles. The second-order valence-electron chi connectivity index (χ2n) is 7.65. The SMILES string of the molecule is CCCCCCCCCN(CCCCCCCC)Cc1ccccc1. The van der Waals surface area contributed by atoms with Crippen LogP contribution in [0.1, 0.15) is 103 Å². The van der Waals surface area contributed by atoms with E-state index < -0.39 is 0 Å². The maximum absolute atomic E-state index is 2.70. The van der Waals surface area contributed by atoms with Crippen molar-refractivity contribution in [3.8, 4) is 0 Å². The largest absolute Gasteiger partial charge is 0.299 e. The third kappa shape index (κ3) is 13.1. The third-order valence-electron chi connectivity index (χ3n) is 5.15. The second kappa shape index (κ2) is 16.6. The van der Waals surface area contributed by atoms with Gasteiger partial charge in [0.05, 0.1) is 0 Å². The van der Waals surface area contributed by atoms with Gasteiger partial charge in [0.1, 0.15) is 0 Å². The van der Waals surface area contributed by atoms with Gasteiger partial charge in [-0.2, -0.15) is 0 Å². The number of rotatable bonds is 17. The van der Waals surface area contributed by atoms with Crippen LogP contribution in [-0.2, 0) is 6.54 Å². The lowest BCUT2D eigenvalue weighted by atomic mass is 10.1. The van der Waals surface area contributed by atoms with Gasteiger partial charge in [0, 0.05) is 6.54 Å². The van der Waals surface area contributed by atoms with Gasteiger partial charge in [-0.05, 0) is 31.5 Å².